The van der Waals surface area contributed by atoms with Crippen LogP contribution in [0.1, 0.15) is 38.3 Å². The van der Waals surface area contributed by atoms with Crippen molar-refractivity contribution in [2.24, 2.45) is 0 Å². The lowest BCUT2D eigenvalue weighted by atomic mass is 10.1. The summed E-state index contributed by atoms with van der Waals surface area (Å²) >= 11 is 0. The van der Waals surface area contributed by atoms with Crippen molar-refractivity contribution in [3.8, 4) is 11.5 Å². The van der Waals surface area contributed by atoms with Gasteiger partial charge in [0.05, 0.1) is 24.2 Å². The number of hydrogen-bond donors (Lipinski definition) is 0. The third-order valence-electron chi connectivity index (χ3n) is 4.51. The van der Waals surface area contributed by atoms with Gasteiger partial charge in [-0.25, -0.2) is 8.42 Å². The van der Waals surface area contributed by atoms with E-state index in [4.69, 9.17) is 9.47 Å². The van der Waals surface area contributed by atoms with Crippen LogP contribution in [0.5, 0.6) is 11.5 Å². The predicted octanol–water partition coefficient (Wildman–Crippen LogP) is 4.01. The predicted molar refractivity (Wildman–Crippen MR) is 101 cm³/mol. The van der Waals surface area contributed by atoms with Gasteiger partial charge in [-0.05, 0) is 44.4 Å². The van der Waals surface area contributed by atoms with E-state index in [9.17, 15) is 8.42 Å². The van der Waals surface area contributed by atoms with Gasteiger partial charge in [-0.3, -0.25) is 0 Å². The van der Waals surface area contributed by atoms with Crippen LogP contribution in [-0.4, -0.2) is 32.5 Å². The van der Waals surface area contributed by atoms with Crippen LogP contribution in [-0.2, 0) is 10.0 Å². The van der Waals surface area contributed by atoms with Crippen molar-refractivity contribution < 1.29 is 17.9 Å². The molecule has 0 aliphatic carbocycles. The Morgan fingerprint density at radius 2 is 1.69 bits per heavy atom. The molecule has 1 aliphatic heterocycles. The zero-order valence-electron chi connectivity index (χ0n) is 15.2. The van der Waals surface area contributed by atoms with Crippen LogP contribution in [0.25, 0.3) is 0 Å². The minimum atomic E-state index is -3.61. The van der Waals surface area contributed by atoms with Crippen LogP contribution in [0.3, 0.4) is 0 Å². The highest BCUT2D eigenvalue weighted by Crippen LogP contribution is 2.38. The fraction of sp³-hybridized carbons (Fsp3) is 0.400. The summed E-state index contributed by atoms with van der Waals surface area (Å²) in [7, 11) is -3.61. The molecule has 1 fully saturated rings. The Hall–Kier alpha value is -2.05. The first-order valence-electron chi connectivity index (χ1n) is 9.04. The van der Waals surface area contributed by atoms with Gasteiger partial charge in [-0.15, -0.1) is 0 Å². The summed E-state index contributed by atoms with van der Waals surface area (Å²) < 4.78 is 39.3. The Labute approximate surface area is 155 Å². The molecule has 1 unspecified atom stereocenters. The zero-order chi connectivity index (χ0) is 18.6. The molecule has 1 atom stereocenters. The van der Waals surface area contributed by atoms with E-state index in [2.05, 4.69) is 0 Å². The third kappa shape index (κ3) is 3.71. The second-order valence-corrected chi connectivity index (χ2v) is 8.05. The van der Waals surface area contributed by atoms with E-state index in [0.29, 0.717) is 31.3 Å². The van der Waals surface area contributed by atoms with Crippen molar-refractivity contribution in [3.63, 3.8) is 0 Å². The largest absolute Gasteiger partial charge is 0.490 e. The highest BCUT2D eigenvalue weighted by molar-refractivity contribution is 7.89. The van der Waals surface area contributed by atoms with E-state index in [1.807, 2.05) is 44.2 Å². The van der Waals surface area contributed by atoms with E-state index in [0.717, 1.165) is 18.4 Å². The molecule has 1 saturated heterocycles. The Kier molecular flexibility index (Phi) is 5.84. The molecule has 26 heavy (non-hydrogen) atoms. The molecule has 1 aliphatic rings. The van der Waals surface area contributed by atoms with Crippen molar-refractivity contribution in [3.05, 3.63) is 54.1 Å². The molecule has 140 valence electrons. The summed E-state index contributed by atoms with van der Waals surface area (Å²) in [6.45, 7) is 5.21. The van der Waals surface area contributed by atoms with Gasteiger partial charge in [0.25, 0.3) is 0 Å². The first-order chi connectivity index (χ1) is 12.6. The van der Waals surface area contributed by atoms with E-state index < -0.39 is 10.0 Å². The lowest BCUT2D eigenvalue weighted by Crippen LogP contribution is -2.30. The van der Waals surface area contributed by atoms with Crippen LogP contribution in [0.15, 0.2) is 53.4 Å². The topological polar surface area (TPSA) is 55.8 Å². The summed E-state index contributed by atoms with van der Waals surface area (Å²) in [5, 5.41) is 0. The van der Waals surface area contributed by atoms with Gasteiger partial charge in [0.15, 0.2) is 11.5 Å². The van der Waals surface area contributed by atoms with Crippen LogP contribution in [0, 0.1) is 0 Å². The maximum Gasteiger partial charge on any atom is 0.243 e. The van der Waals surface area contributed by atoms with Gasteiger partial charge in [-0.2, -0.15) is 4.31 Å². The second kappa shape index (κ2) is 8.10. The number of ether oxygens (including phenoxy) is 2. The highest BCUT2D eigenvalue weighted by Gasteiger charge is 2.36. The Balaban J connectivity index is 1.95. The molecule has 0 radical (unpaired) electrons. The van der Waals surface area contributed by atoms with E-state index >= 15 is 0 Å². The molecule has 0 spiro atoms. The van der Waals surface area contributed by atoms with Gasteiger partial charge in [0.1, 0.15) is 0 Å². The average molecular weight is 375 g/mol. The van der Waals surface area contributed by atoms with Gasteiger partial charge >= 0.3 is 0 Å². The SMILES string of the molecule is CCOc1ccc(S(=O)(=O)N2CCCC2c2ccccc2)cc1OCC. The maximum absolute atomic E-state index is 13.3. The summed E-state index contributed by atoms with van der Waals surface area (Å²) in [5.74, 6) is 1.03. The molecule has 3 rings (SSSR count). The highest BCUT2D eigenvalue weighted by atomic mass is 32.2. The van der Waals surface area contributed by atoms with E-state index in [-0.39, 0.29) is 10.9 Å². The molecule has 2 aromatic rings. The molecule has 5 nitrogen and oxygen atoms in total. The monoisotopic (exact) mass is 375 g/mol. The number of benzene rings is 2. The molecule has 0 aromatic heterocycles. The molecule has 6 heteroatoms. The third-order valence-corrected chi connectivity index (χ3v) is 6.41. The van der Waals surface area contributed by atoms with Crippen LogP contribution in [0.4, 0.5) is 0 Å². The van der Waals surface area contributed by atoms with Crippen LogP contribution < -0.4 is 9.47 Å². The van der Waals surface area contributed by atoms with Crippen molar-refractivity contribution in [2.75, 3.05) is 19.8 Å². The lowest BCUT2D eigenvalue weighted by molar-refractivity contribution is 0.287. The summed E-state index contributed by atoms with van der Waals surface area (Å²) in [4.78, 5) is 0.243. The number of hydrogen-bond acceptors (Lipinski definition) is 4. The molecule has 2 aromatic carbocycles. The fourth-order valence-corrected chi connectivity index (χ4v) is 5.06. The molecular weight excluding hydrogens is 350 g/mol. The summed E-state index contributed by atoms with van der Waals surface area (Å²) in [5.41, 5.74) is 1.03. The Morgan fingerprint density at radius 3 is 2.38 bits per heavy atom. The normalized spacial score (nSPS) is 18.0. The Morgan fingerprint density at radius 1 is 1.00 bits per heavy atom. The first kappa shape index (κ1) is 18.7. The molecule has 0 amide bonds. The van der Waals surface area contributed by atoms with Crippen molar-refractivity contribution >= 4 is 10.0 Å². The summed E-state index contributed by atoms with van der Waals surface area (Å²) in [6.07, 6.45) is 1.69. The standard InChI is InChI=1S/C20H25NO4S/c1-3-24-19-13-12-17(15-20(19)25-4-2)26(22,23)21-14-8-11-18(21)16-9-6-5-7-10-16/h5-7,9-10,12-13,15,18H,3-4,8,11,14H2,1-2H3. The molecule has 0 saturated carbocycles. The number of rotatable bonds is 7. The zero-order valence-corrected chi connectivity index (χ0v) is 16.0. The maximum atomic E-state index is 13.3. The van der Waals surface area contributed by atoms with Gasteiger partial charge in [0.2, 0.25) is 10.0 Å². The quantitative estimate of drug-likeness (QED) is 0.734. The average Bonchev–Trinajstić information content (AvgIpc) is 3.15. The van der Waals surface area contributed by atoms with Gasteiger partial charge in [0, 0.05) is 12.6 Å². The first-order valence-corrected chi connectivity index (χ1v) is 10.5. The molecule has 1 heterocycles. The lowest BCUT2D eigenvalue weighted by Gasteiger charge is -2.25. The van der Waals surface area contributed by atoms with E-state index in [1.165, 1.54) is 0 Å². The summed E-state index contributed by atoms with van der Waals surface area (Å²) in [6, 6.07) is 14.5. The van der Waals surface area contributed by atoms with Gasteiger partial charge in [-0.1, -0.05) is 30.3 Å². The van der Waals surface area contributed by atoms with Crippen LogP contribution in [0.2, 0.25) is 0 Å². The number of sulfonamides is 1. The minimum absolute atomic E-state index is 0.122. The van der Waals surface area contributed by atoms with E-state index in [1.54, 1.807) is 22.5 Å². The Bertz CT molecular complexity index is 836. The van der Waals surface area contributed by atoms with Crippen LogP contribution >= 0.6 is 0 Å². The van der Waals surface area contributed by atoms with Crippen molar-refractivity contribution in [1.29, 1.82) is 0 Å². The molecular formula is C20H25NO4S. The molecule has 0 N–H and O–H groups in total. The number of nitrogens with zero attached hydrogens (tertiary/aromatic N) is 1. The fourth-order valence-electron chi connectivity index (χ4n) is 3.36. The van der Waals surface area contributed by atoms with Crippen molar-refractivity contribution in [1.82, 2.24) is 4.31 Å². The van der Waals surface area contributed by atoms with Crippen molar-refractivity contribution in [2.45, 2.75) is 37.6 Å². The second-order valence-electron chi connectivity index (χ2n) is 6.16. The minimum Gasteiger partial charge on any atom is -0.490 e. The van der Waals surface area contributed by atoms with Gasteiger partial charge < -0.3 is 9.47 Å². The smallest absolute Gasteiger partial charge is 0.243 e. The molecule has 0 bridgehead atoms.